The quantitative estimate of drug-likeness (QED) is 0.688. The van der Waals surface area contributed by atoms with Crippen LogP contribution in [-0.4, -0.2) is 32.4 Å². The Morgan fingerprint density at radius 2 is 1.88 bits per heavy atom. The third kappa shape index (κ3) is 4.01. The molecule has 0 aliphatic rings. The number of hydrogen-bond donors (Lipinski definition) is 1. The maximum absolute atomic E-state index is 5.38. The fraction of sp³-hybridized carbons (Fsp3) is 0.412. The highest BCUT2D eigenvalue weighted by Crippen LogP contribution is 2.33. The Bertz CT molecular complexity index is 835. The second-order valence-corrected chi connectivity index (χ2v) is 7.97. The Balaban J connectivity index is 1.71. The number of H-pyrrole nitrogens is 1. The molecule has 132 valence electrons. The van der Waals surface area contributed by atoms with Gasteiger partial charge in [-0.25, -0.2) is 4.98 Å². The maximum Gasteiger partial charge on any atom is 0.239 e. The number of aromatic amines is 1. The van der Waals surface area contributed by atoms with Crippen LogP contribution in [0.5, 0.6) is 5.75 Å². The fourth-order valence-electron chi connectivity index (χ4n) is 2.09. The van der Waals surface area contributed by atoms with Crippen LogP contribution in [0.15, 0.2) is 33.9 Å². The van der Waals surface area contributed by atoms with E-state index in [-0.39, 0.29) is 10.7 Å². The lowest BCUT2D eigenvalue weighted by Gasteiger charge is -2.11. The first kappa shape index (κ1) is 17.5. The standard InChI is InChI=1S/C17H21N5O2S/c1-10(14-19-15(22-24-14)17(2,3)4)25-16-18-13(20-21-16)11-6-8-12(23-5)9-7-11/h6-10H,1-5H3,(H,18,20,21)/t10-/m1/s1. The molecule has 3 rings (SSSR count). The zero-order chi connectivity index (χ0) is 18.0. The Morgan fingerprint density at radius 1 is 1.16 bits per heavy atom. The van der Waals surface area contributed by atoms with Gasteiger partial charge in [-0.3, -0.25) is 5.10 Å². The van der Waals surface area contributed by atoms with Gasteiger partial charge in [0, 0.05) is 11.0 Å². The molecule has 0 spiro atoms. The highest BCUT2D eigenvalue weighted by Gasteiger charge is 2.24. The van der Waals surface area contributed by atoms with Crippen molar-refractivity contribution in [1.82, 2.24) is 25.3 Å². The first-order valence-corrected chi connectivity index (χ1v) is 8.82. The van der Waals surface area contributed by atoms with Crippen molar-refractivity contribution in [3.05, 3.63) is 36.0 Å². The number of nitrogens with one attached hydrogen (secondary N) is 1. The lowest BCUT2D eigenvalue weighted by molar-refractivity contribution is 0.364. The van der Waals surface area contributed by atoms with Crippen LogP contribution in [0.4, 0.5) is 0 Å². The summed E-state index contributed by atoms with van der Waals surface area (Å²) in [4.78, 5) is 9.01. The van der Waals surface area contributed by atoms with E-state index in [1.165, 1.54) is 11.8 Å². The van der Waals surface area contributed by atoms with Gasteiger partial charge in [-0.05, 0) is 31.2 Å². The number of thioether (sulfide) groups is 1. The smallest absolute Gasteiger partial charge is 0.239 e. The first-order valence-electron chi connectivity index (χ1n) is 7.94. The van der Waals surface area contributed by atoms with Gasteiger partial charge in [-0.15, -0.1) is 5.10 Å². The summed E-state index contributed by atoms with van der Waals surface area (Å²) < 4.78 is 10.5. The van der Waals surface area contributed by atoms with Gasteiger partial charge in [0.2, 0.25) is 11.0 Å². The number of ether oxygens (including phenoxy) is 1. The summed E-state index contributed by atoms with van der Waals surface area (Å²) in [6, 6.07) is 7.65. The van der Waals surface area contributed by atoms with E-state index >= 15 is 0 Å². The van der Waals surface area contributed by atoms with Crippen molar-refractivity contribution in [2.24, 2.45) is 0 Å². The number of benzene rings is 1. The zero-order valence-electron chi connectivity index (χ0n) is 14.9. The molecule has 25 heavy (non-hydrogen) atoms. The van der Waals surface area contributed by atoms with Gasteiger partial charge in [0.15, 0.2) is 11.6 Å². The maximum atomic E-state index is 5.38. The van der Waals surface area contributed by atoms with Crippen molar-refractivity contribution in [2.45, 2.75) is 43.5 Å². The highest BCUT2D eigenvalue weighted by molar-refractivity contribution is 7.99. The molecule has 0 amide bonds. The van der Waals surface area contributed by atoms with Gasteiger partial charge < -0.3 is 9.26 Å². The third-order valence-corrected chi connectivity index (χ3v) is 4.52. The number of aromatic nitrogens is 5. The predicted molar refractivity (Wildman–Crippen MR) is 95.6 cm³/mol. The molecule has 3 aromatic rings. The number of hydrogen-bond acceptors (Lipinski definition) is 7. The van der Waals surface area contributed by atoms with Crippen LogP contribution >= 0.6 is 11.8 Å². The minimum Gasteiger partial charge on any atom is -0.497 e. The van der Waals surface area contributed by atoms with E-state index in [1.54, 1.807) is 7.11 Å². The topological polar surface area (TPSA) is 89.7 Å². The van der Waals surface area contributed by atoms with Crippen molar-refractivity contribution in [1.29, 1.82) is 0 Å². The average molecular weight is 359 g/mol. The largest absolute Gasteiger partial charge is 0.497 e. The molecular formula is C17H21N5O2S. The normalized spacial score (nSPS) is 13.0. The molecule has 0 aliphatic carbocycles. The summed E-state index contributed by atoms with van der Waals surface area (Å²) in [6.45, 7) is 8.15. The highest BCUT2D eigenvalue weighted by atomic mass is 32.2. The summed E-state index contributed by atoms with van der Waals surface area (Å²) in [5.74, 6) is 2.78. The molecule has 0 saturated heterocycles. The van der Waals surface area contributed by atoms with E-state index in [9.17, 15) is 0 Å². The lowest BCUT2D eigenvalue weighted by Crippen LogP contribution is -2.13. The Labute approximate surface area is 150 Å². The summed E-state index contributed by atoms with van der Waals surface area (Å²) in [5, 5.41) is 11.9. The van der Waals surface area contributed by atoms with E-state index in [0.29, 0.717) is 22.7 Å². The monoisotopic (exact) mass is 359 g/mol. The number of nitrogens with zero attached hydrogens (tertiary/aromatic N) is 4. The van der Waals surface area contributed by atoms with Crippen molar-refractivity contribution < 1.29 is 9.26 Å². The Hall–Kier alpha value is -2.35. The van der Waals surface area contributed by atoms with Gasteiger partial charge in [-0.1, -0.05) is 37.7 Å². The van der Waals surface area contributed by atoms with Crippen LogP contribution in [-0.2, 0) is 5.41 Å². The molecule has 8 heteroatoms. The molecule has 2 aromatic heterocycles. The van der Waals surface area contributed by atoms with Crippen LogP contribution in [0.25, 0.3) is 11.4 Å². The predicted octanol–water partition coefficient (Wildman–Crippen LogP) is 4.01. The van der Waals surface area contributed by atoms with Gasteiger partial charge in [-0.2, -0.15) is 4.98 Å². The van der Waals surface area contributed by atoms with Crippen LogP contribution in [0.1, 0.15) is 44.7 Å². The molecule has 2 heterocycles. The van der Waals surface area contributed by atoms with Crippen molar-refractivity contribution >= 4 is 11.8 Å². The molecule has 0 radical (unpaired) electrons. The second kappa shape index (κ2) is 6.87. The van der Waals surface area contributed by atoms with Gasteiger partial charge in [0.05, 0.1) is 12.4 Å². The van der Waals surface area contributed by atoms with Crippen LogP contribution in [0.3, 0.4) is 0 Å². The van der Waals surface area contributed by atoms with Crippen LogP contribution in [0, 0.1) is 0 Å². The van der Waals surface area contributed by atoms with Crippen molar-refractivity contribution in [3.8, 4) is 17.1 Å². The second-order valence-electron chi connectivity index (χ2n) is 6.66. The van der Waals surface area contributed by atoms with E-state index < -0.39 is 0 Å². The average Bonchev–Trinajstić information content (AvgIpc) is 3.24. The Kier molecular flexibility index (Phi) is 4.80. The van der Waals surface area contributed by atoms with E-state index in [4.69, 9.17) is 9.26 Å². The van der Waals surface area contributed by atoms with Crippen LogP contribution < -0.4 is 4.74 Å². The van der Waals surface area contributed by atoms with Gasteiger partial charge in [0.1, 0.15) is 5.75 Å². The molecule has 1 atom stereocenters. The zero-order valence-corrected chi connectivity index (χ0v) is 15.7. The summed E-state index contributed by atoms with van der Waals surface area (Å²) >= 11 is 1.47. The van der Waals surface area contributed by atoms with Gasteiger partial charge >= 0.3 is 0 Å². The van der Waals surface area contributed by atoms with E-state index in [1.807, 2.05) is 31.2 Å². The van der Waals surface area contributed by atoms with Crippen molar-refractivity contribution in [2.75, 3.05) is 7.11 Å². The summed E-state index contributed by atoms with van der Waals surface area (Å²) in [5.41, 5.74) is 0.804. The Morgan fingerprint density at radius 3 is 2.48 bits per heavy atom. The molecule has 0 saturated carbocycles. The minimum absolute atomic E-state index is 0.0388. The van der Waals surface area contributed by atoms with Gasteiger partial charge in [0.25, 0.3) is 0 Å². The number of rotatable bonds is 5. The molecule has 0 fully saturated rings. The summed E-state index contributed by atoms with van der Waals surface area (Å²) in [6.07, 6.45) is 0. The van der Waals surface area contributed by atoms with Crippen molar-refractivity contribution in [3.63, 3.8) is 0 Å². The number of methoxy groups -OCH3 is 1. The molecular weight excluding hydrogens is 338 g/mol. The summed E-state index contributed by atoms with van der Waals surface area (Å²) in [7, 11) is 1.64. The van der Waals surface area contributed by atoms with E-state index in [2.05, 4.69) is 46.1 Å². The first-order chi connectivity index (χ1) is 11.9. The van der Waals surface area contributed by atoms with Crippen LogP contribution in [0.2, 0.25) is 0 Å². The molecule has 0 unspecified atom stereocenters. The third-order valence-electron chi connectivity index (χ3n) is 3.57. The molecule has 7 nitrogen and oxygen atoms in total. The van der Waals surface area contributed by atoms with E-state index in [0.717, 1.165) is 11.3 Å². The molecule has 1 N–H and O–H groups in total. The molecule has 0 aliphatic heterocycles. The SMILES string of the molecule is COc1ccc(-c2nc(S[C@H](C)c3nc(C(C)(C)C)no3)n[nH]2)cc1. The molecule has 0 bridgehead atoms. The molecule has 1 aromatic carbocycles. The fourth-order valence-corrected chi connectivity index (χ4v) is 2.85. The lowest BCUT2D eigenvalue weighted by atomic mass is 9.96. The minimum atomic E-state index is -0.141.